The molecule has 1 aromatic rings. The van der Waals surface area contributed by atoms with Crippen molar-refractivity contribution in [2.45, 2.75) is 12.6 Å². The first-order chi connectivity index (χ1) is 9.79. The van der Waals surface area contributed by atoms with Gasteiger partial charge in [-0.25, -0.2) is 4.39 Å². The molecule has 2 rings (SSSR count). The third-order valence-corrected chi connectivity index (χ3v) is 3.53. The molecule has 3 nitrogen and oxygen atoms in total. The van der Waals surface area contributed by atoms with Crippen LogP contribution in [0.2, 0.25) is 0 Å². The molecule has 0 radical (unpaired) electrons. The van der Waals surface area contributed by atoms with Crippen molar-refractivity contribution >= 4 is 5.91 Å². The van der Waals surface area contributed by atoms with E-state index in [4.69, 9.17) is 0 Å². The van der Waals surface area contributed by atoms with E-state index in [0.717, 1.165) is 19.0 Å². The number of carbonyl (C=O) groups excluding carboxylic acids is 1. The molecule has 1 heterocycles. The van der Waals surface area contributed by atoms with Gasteiger partial charge in [-0.05, 0) is 38.2 Å². The molecule has 0 aliphatic carbocycles. The molecule has 21 heavy (non-hydrogen) atoms. The Kier molecular flexibility index (Phi) is 4.51. The van der Waals surface area contributed by atoms with Crippen molar-refractivity contribution in [1.82, 2.24) is 9.80 Å². The molecule has 7 heteroatoms. The molecule has 1 saturated heterocycles. The van der Waals surface area contributed by atoms with Crippen LogP contribution in [-0.2, 0) is 6.18 Å². The molecule has 1 fully saturated rings. The monoisotopic (exact) mass is 304 g/mol. The molecular weight excluding hydrogens is 288 g/mol. The van der Waals surface area contributed by atoms with E-state index in [2.05, 4.69) is 4.90 Å². The lowest BCUT2D eigenvalue weighted by Crippen LogP contribution is -2.34. The molecule has 0 N–H and O–H groups in total. The molecule has 0 aromatic heterocycles. The Balaban J connectivity index is 2.23. The summed E-state index contributed by atoms with van der Waals surface area (Å²) in [4.78, 5) is 15.8. The zero-order chi connectivity index (χ0) is 15.6. The lowest BCUT2D eigenvalue weighted by atomic mass is 10.1. The van der Waals surface area contributed by atoms with Crippen molar-refractivity contribution in [2.75, 3.05) is 33.2 Å². The predicted octanol–water partition coefficient (Wildman–Crippen LogP) is 2.62. The number of hydrogen-bond acceptors (Lipinski definition) is 2. The number of nitrogens with zero attached hydrogens (tertiary/aromatic N) is 2. The quantitative estimate of drug-likeness (QED) is 0.745. The Labute approximate surface area is 120 Å². The predicted molar refractivity (Wildman–Crippen MR) is 69.4 cm³/mol. The highest BCUT2D eigenvalue weighted by atomic mass is 19.4. The smallest absolute Gasteiger partial charge is 0.337 e. The summed E-state index contributed by atoms with van der Waals surface area (Å²) < 4.78 is 51.3. The van der Waals surface area contributed by atoms with Gasteiger partial charge in [-0.1, -0.05) is 0 Å². The first-order valence-corrected chi connectivity index (χ1v) is 6.63. The van der Waals surface area contributed by atoms with E-state index < -0.39 is 23.5 Å². The normalized spacial score (nSPS) is 17.7. The SMILES string of the molecule is CN1CCCN(C(=O)c2ccc(F)c(C(F)(F)F)c2)CC1. The fourth-order valence-electron chi connectivity index (χ4n) is 2.31. The third-order valence-electron chi connectivity index (χ3n) is 3.53. The first kappa shape index (κ1) is 15.8. The van der Waals surface area contributed by atoms with E-state index in [-0.39, 0.29) is 5.56 Å². The van der Waals surface area contributed by atoms with Crippen LogP contribution in [-0.4, -0.2) is 48.9 Å². The maximum absolute atomic E-state index is 13.2. The summed E-state index contributed by atoms with van der Waals surface area (Å²) in [5.74, 6) is -1.86. The zero-order valence-corrected chi connectivity index (χ0v) is 11.6. The van der Waals surface area contributed by atoms with Crippen molar-refractivity contribution in [3.63, 3.8) is 0 Å². The standard InChI is InChI=1S/C14H16F4N2O/c1-19-5-2-6-20(8-7-19)13(21)10-3-4-12(15)11(9-10)14(16,17)18/h3-4,9H,2,5-8H2,1H3. The highest BCUT2D eigenvalue weighted by molar-refractivity contribution is 5.94. The molecule has 0 spiro atoms. The second-order valence-electron chi connectivity index (χ2n) is 5.14. The van der Waals surface area contributed by atoms with Gasteiger partial charge in [-0.15, -0.1) is 0 Å². The van der Waals surface area contributed by atoms with Crippen LogP contribution in [0.3, 0.4) is 0 Å². The average molecular weight is 304 g/mol. The fourth-order valence-corrected chi connectivity index (χ4v) is 2.31. The number of rotatable bonds is 1. The first-order valence-electron chi connectivity index (χ1n) is 6.63. The highest BCUT2D eigenvalue weighted by Gasteiger charge is 2.35. The Morgan fingerprint density at radius 1 is 1.14 bits per heavy atom. The van der Waals surface area contributed by atoms with Crippen LogP contribution in [0.25, 0.3) is 0 Å². The van der Waals surface area contributed by atoms with Gasteiger partial charge in [0.1, 0.15) is 5.82 Å². The molecular formula is C14H16F4N2O. The summed E-state index contributed by atoms with van der Waals surface area (Å²) in [5, 5.41) is 0. The van der Waals surface area contributed by atoms with Crippen LogP contribution in [0.5, 0.6) is 0 Å². The summed E-state index contributed by atoms with van der Waals surface area (Å²) >= 11 is 0. The minimum atomic E-state index is -4.81. The maximum Gasteiger partial charge on any atom is 0.419 e. The number of amides is 1. The minimum Gasteiger partial charge on any atom is -0.337 e. The van der Waals surface area contributed by atoms with Gasteiger partial charge in [0.05, 0.1) is 5.56 Å². The number of halogens is 4. The molecule has 0 atom stereocenters. The van der Waals surface area contributed by atoms with Crippen LogP contribution < -0.4 is 0 Å². The van der Waals surface area contributed by atoms with Gasteiger partial charge in [-0.2, -0.15) is 13.2 Å². The second kappa shape index (κ2) is 6.01. The Morgan fingerprint density at radius 3 is 2.52 bits per heavy atom. The highest BCUT2D eigenvalue weighted by Crippen LogP contribution is 2.32. The Bertz CT molecular complexity index is 530. The van der Waals surface area contributed by atoms with Gasteiger partial charge in [0, 0.05) is 25.2 Å². The van der Waals surface area contributed by atoms with E-state index in [1.54, 1.807) is 0 Å². The van der Waals surface area contributed by atoms with E-state index in [1.165, 1.54) is 4.90 Å². The van der Waals surface area contributed by atoms with Crippen LogP contribution in [0.1, 0.15) is 22.3 Å². The third kappa shape index (κ3) is 3.72. The fraction of sp³-hybridized carbons (Fsp3) is 0.500. The van der Waals surface area contributed by atoms with Gasteiger partial charge in [-0.3, -0.25) is 4.79 Å². The van der Waals surface area contributed by atoms with Crippen molar-refractivity contribution in [1.29, 1.82) is 0 Å². The van der Waals surface area contributed by atoms with Crippen molar-refractivity contribution in [2.24, 2.45) is 0 Å². The van der Waals surface area contributed by atoms with Crippen LogP contribution in [0, 0.1) is 5.82 Å². The number of carbonyl (C=O) groups is 1. The topological polar surface area (TPSA) is 23.6 Å². The van der Waals surface area contributed by atoms with Gasteiger partial charge >= 0.3 is 6.18 Å². The van der Waals surface area contributed by atoms with Crippen molar-refractivity contribution in [3.05, 3.63) is 35.1 Å². The molecule has 1 aliphatic rings. The van der Waals surface area contributed by atoms with Gasteiger partial charge in [0.2, 0.25) is 0 Å². The number of hydrogen-bond donors (Lipinski definition) is 0. The summed E-state index contributed by atoms with van der Waals surface area (Å²) in [6, 6.07) is 2.38. The lowest BCUT2D eigenvalue weighted by Gasteiger charge is -2.21. The largest absolute Gasteiger partial charge is 0.419 e. The van der Waals surface area contributed by atoms with Gasteiger partial charge in [0.25, 0.3) is 5.91 Å². The molecule has 1 aromatic carbocycles. The van der Waals surface area contributed by atoms with E-state index in [9.17, 15) is 22.4 Å². The van der Waals surface area contributed by atoms with Crippen molar-refractivity contribution in [3.8, 4) is 0 Å². The zero-order valence-electron chi connectivity index (χ0n) is 11.6. The Morgan fingerprint density at radius 2 is 1.86 bits per heavy atom. The summed E-state index contributed by atoms with van der Waals surface area (Å²) in [7, 11) is 1.92. The van der Waals surface area contributed by atoms with E-state index >= 15 is 0 Å². The molecule has 1 aliphatic heterocycles. The lowest BCUT2D eigenvalue weighted by molar-refractivity contribution is -0.140. The molecule has 116 valence electrons. The summed E-state index contributed by atoms with van der Waals surface area (Å²) in [6.45, 7) is 2.44. The summed E-state index contributed by atoms with van der Waals surface area (Å²) in [5.41, 5.74) is -1.53. The maximum atomic E-state index is 13.2. The molecule has 1 amide bonds. The minimum absolute atomic E-state index is 0.131. The number of likely N-dealkylation sites (N-methyl/N-ethyl adjacent to an activating group) is 1. The van der Waals surface area contributed by atoms with Crippen LogP contribution >= 0.6 is 0 Å². The van der Waals surface area contributed by atoms with Gasteiger partial charge in [0.15, 0.2) is 0 Å². The average Bonchev–Trinajstić information content (AvgIpc) is 2.62. The summed E-state index contributed by atoms with van der Waals surface area (Å²) in [6.07, 6.45) is -4.05. The van der Waals surface area contributed by atoms with E-state index in [1.807, 2.05) is 7.05 Å². The van der Waals surface area contributed by atoms with E-state index in [0.29, 0.717) is 31.8 Å². The second-order valence-corrected chi connectivity index (χ2v) is 5.14. The molecule has 0 bridgehead atoms. The number of alkyl halides is 3. The molecule has 0 unspecified atom stereocenters. The molecule has 0 saturated carbocycles. The Hall–Kier alpha value is -1.63. The van der Waals surface area contributed by atoms with Gasteiger partial charge < -0.3 is 9.80 Å². The number of benzene rings is 1. The van der Waals surface area contributed by atoms with Crippen LogP contribution in [0.15, 0.2) is 18.2 Å². The van der Waals surface area contributed by atoms with Crippen molar-refractivity contribution < 1.29 is 22.4 Å². The van der Waals surface area contributed by atoms with Crippen LogP contribution in [0.4, 0.5) is 17.6 Å².